The number of thioether (sulfide) groups is 1. The molecule has 3 aliphatic rings. The highest BCUT2D eigenvalue weighted by Gasteiger charge is 2.54. The molecule has 1 fully saturated rings. The van der Waals surface area contributed by atoms with Gasteiger partial charge in [-0.1, -0.05) is 23.4 Å². The number of hydrogen-bond donors (Lipinski definition) is 3. The van der Waals surface area contributed by atoms with Gasteiger partial charge in [0.25, 0.3) is 5.91 Å². The Morgan fingerprint density at radius 2 is 2.22 bits per heavy atom. The summed E-state index contributed by atoms with van der Waals surface area (Å²) in [5, 5.41) is 24.7. The normalized spacial score (nSPS) is 28.1. The van der Waals surface area contributed by atoms with Crippen LogP contribution in [0.1, 0.15) is 6.42 Å². The highest BCUT2D eigenvalue weighted by Crippen LogP contribution is 2.40. The van der Waals surface area contributed by atoms with E-state index in [-0.39, 0.29) is 23.9 Å². The van der Waals surface area contributed by atoms with Crippen LogP contribution in [0.5, 0.6) is 0 Å². The zero-order valence-corrected chi connectivity index (χ0v) is 15.3. The molecule has 2 heterocycles. The molecular weight excluding hydrogens is 374 g/mol. The smallest absolute Gasteiger partial charge is 0.352 e. The number of fused-ring (bicyclic) bond motifs is 1. The first kappa shape index (κ1) is 19.2. The van der Waals surface area contributed by atoms with E-state index in [1.807, 2.05) is 6.08 Å². The lowest BCUT2D eigenvalue weighted by Crippen LogP contribution is -2.70. The third-order valence-electron chi connectivity index (χ3n) is 4.46. The second-order valence-corrected chi connectivity index (χ2v) is 7.23. The molecule has 1 saturated heterocycles. The molecule has 0 aromatic carbocycles. The van der Waals surface area contributed by atoms with Crippen molar-refractivity contribution in [3.05, 3.63) is 35.6 Å². The summed E-state index contributed by atoms with van der Waals surface area (Å²) in [4.78, 5) is 42.2. The molecule has 0 radical (unpaired) electrons. The minimum absolute atomic E-state index is 0.0910. The number of carboxylic acid groups (broad SMARTS) is 1. The summed E-state index contributed by atoms with van der Waals surface area (Å²) in [6.45, 7) is -0.425. The van der Waals surface area contributed by atoms with Crippen LogP contribution in [0.2, 0.25) is 0 Å². The highest BCUT2D eigenvalue weighted by molar-refractivity contribution is 8.00. The quantitative estimate of drug-likeness (QED) is 0.423. The fraction of sp³-hybridized carbons (Fsp3) is 0.412. The summed E-state index contributed by atoms with van der Waals surface area (Å²) in [6.07, 6.45) is 7.25. The third kappa shape index (κ3) is 3.62. The number of nitrogens with zero attached hydrogens (tertiary/aromatic N) is 2. The number of aliphatic hydroxyl groups excluding tert-OH is 1. The Kier molecular flexibility index (Phi) is 5.66. The molecule has 2 amide bonds. The predicted molar refractivity (Wildman–Crippen MR) is 97.6 cm³/mol. The molecule has 0 aromatic rings. The lowest BCUT2D eigenvalue weighted by molar-refractivity contribution is -0.150. The molecule has 3 rings (SSSR count). The van der Waals surface area contributed by atoms with E-state index in [1.54, 1.807) is 18.2 Å². The Morgan fingerprint density at radius 3 is 2.89 bits per heavy atom. The molecule has 3 N–H and O–H groups in total. The van der Waals surface area contributed by atoms with Crippen LogP contribution >= 0.6 is 11.8 Å². The van der Waals surface area contributed by atoms with Gasteiger partial charge >= 0.3 is 5.97 Å². The summed E-state index contributed by atoms with van der Waals surface area (Å²) < 4.78 is 0. The molecular formula is C17H19N3O6S. The first-order valence-electron chi connectivity index (χ1n) is 8.24. The van der Waals surface area contributed by atoms with E-state index in [0.29, 0.717) is 17.0 Å². The second-order valence-electron chi connectivity index (χ2n) is 6.12. The van der Waals surface area contributed by atoms with E-state index in [9.17, 15) is 24.6 Å². The van der Waals surface area contributed by atoms with Crippen molar-refractivity contribution in [2.24, 2.45) is 11.1 Å². The maximum absolute atomic E-state index is 12.4. The largest absolute Gasteiger partial charge is 0.477 e. The van der Waals surface area contributed by atoms with Crippen molar-refractivity contribution in [2.75, 3.05) is 19.5 Å². The van der Waals surface area contributed by atoms with Gasteiger partial charge in [0, 0.05) is 18.1 Å². The summed E-state index contributed by atoms with van der Waals surface area (Å²) in [5.41, 5.74) is 0.709. The number of β-lactam (4-membered cyclic amide) rings is 1. The Bertz CT molecular complexity index is 788. The number of carbonyl (C=O) groups is 3. The SMILES string of the molecule is CON=C1C=CC=CC1CC(=O)N[C@@H]1C(=O)N2C(C(=O)O)=C(CO)CS[C@H]12. The van der Waals surface area contributed by atoms with E-state index in [2.05, 4.69) is 10.5 Å². The molecule has 10 heteroatoms. The minimum Gasteiger partial charge on any atom is -0.477 e. The van der Waals surface area contributed by atoms with Crippen molar-refractivity contribution in [3.8, 4) is 0 Å². The molecule has 9 nitrogen and oxygen atoms in total. The molecule has 0 saturated carbocycles. The van der Waals surface area contributed by atoms with Gasteiger partial charge in [0.15, 0.2) is 0 Å². The van der Waals surface area contributed by atoms with E-state index < -0.39 is 29.9 Å². The lowest BCUT2D eigenvalue weighted by Gasteiger charge is -2.49. The van der Waals surface area contributed by atoms with E-state index in [0.717, 1.165) is 4.90 Å². The van der Waals surface area contributed by atoms with E-state index in [1.165, 1.54) is 18.9 Å². The Balaban J connectivity index is 1.66. The Hall–Kier alpha value is -2.59. The number of aliphatic hydroxyl groups is 1. The molecule has 144 valence electrons. The van der Waals surface area contributed by atoms with Crippen LogP contribution in [0.4, 0.5) is 0 Å². The number of amides is 2. The zero-order valence-electron chi connectivity index (χ0n) is 14.5. The average Bonchev–Trinajstić information content (AvgIpc) is 2.66. The minimum atomic E-state index is -1.26. The number of carbonyl (C=O) groups excluding carboxylic acids is 2. The first-order valence-corrected chi connectivity index (χ1v) is 9.29. The van der Waals surface area contributed by atoms with Gasteiger partial charge in [-0.25, -0.2) is 4.79 Å². The fourth-order valence-electron chi connectivity index (χ4n) is 3.19. The highest BCUT2D eigenvalue weighted by atomic mass is 32.2. The molecule has 27 heavy (non-hydrogen) atoms. The van der Waals surface area contributed by atoms with Crippen LogP contribution in [-0.2, 0) is 19.2 Å². The van der Waals surface area contributed by atoms with Gasteiger partial charge in [-0.3, -0.25) is 14.5 Å². The summed E-state index contributed by atoms with van der Waals surface area (Å²) in [5.74, 6) is -2.07. The average molecular weight is 393 g/mol. The molecule has 1 aliphatic carbocycles. The number of aliphatic carboxylic acids is 1. The van der Waals surface area contributed by atoms with E-state index >= 15 is 0 Å². The van der Waals surface area contributed by atoms with Gasteiger partial charge in [0.2, 0.25) is 5.91 Å². The van der Waals surface area contributed by atoms with Crippen LogP contribution in [0.25, 0.3) is 0 Å². The van der Waals surface area contributed by atoms with Gasteiger partial charge in [0.1, 0.15) is 24.2 Å². The monoisotopic (exact) mass is 393 g/mol. The second kappa shape index (κ2) is 7.97. The Morgan fingerprint density at radius 1 is 1.44 bits per heavy atom. The van der Waals surface area contributed by atoms with Crippen molar-refractivity contribution in [2.45, 2.75) is 17.8 Å². The van der Waals surface area contributed by atoms with Crippen molar-refractivity contribution < 1.29 is 29.4 Å². The summed E-state index contributed by atoms with van der Waals surface area (Å²) in [6, 6.07) is -0.789. The summed E-state index contributed by atoms with van der Waals surface area (Å²) >= 11 is 1.32. The van der Waals surface area contributed by atoms with Crippen molar-refractivity contribution in [3.63, 3.8) is 0 Å². The predicted octanol–water partition coefficient (Wildman–Crippen LogP) is -0.148. The number of oxime groups is 1. The molecule has 2 aliphatic heterocycles. The molecule has 0 bridgehead atoms. The molecule has 0 aromatic heterocycles. The topological polar surface area (TPSA) is 129 Å². The van der Waals surface area contributed by atoms with Crippen LogP contribution in [0.3, 0.4) is 0 Å². The summed E-state index contributed by atoms with van der Waals surface area (Å²) in [7, 11) is 1.42. The van der Waals surface area contributed by atoms with Crippen LogP contribution < -0.4 is 5.32 Å². The van der Waals surface area contributed by atoms with Gasteiger partial charge in [-0.15, -0.1) is 11.8 Å². The van der Waals surface area contributed by atoms with Gasteiger partial charge in [0.05, 0.1) is 12.3 Å². The number of allylic oxidation sites excluding steroid dienone is 4. The fourth-order valence-corrected chi connectivity index (χ4v) is 4.52. The number of hydrogen-bond acceptors (Lipinski definition) is 7. The molecule has 3 atom stereocenters. The van der Waals surface area contributed by atoms with Gasteiger partial charge in [-0.05, 0) is 11.6 Å². The standard InChI is InChI=1S/C17H19N3O6S/c1-26-19-11-5-3-2-4-9(11)6-12(22)18-13-15(23)20-14(17(24)25)10(7-21)8-27-16(13)20/h2-5,9,13,16,21H,6-8H2,1H3,(H,18,22)(H,24,25)/t9?,13-,16-/m1/s1. The van der Waals surface area contributed by atoms with Gasteiger partial charge < -0.3 is 20.4 Å². The number of rotatable bonds is 6. The third-order valence-corrected chi connectivity index (χ3v) is 5.80. The van der Waals surface area contributed by atoms with Crippen molar-refractivity contribution in [1.82, 2.24) is 10.2 Å². The van der Waals surface area contributed by atoms with E-state index in [4.69, 9.17) is 4.84 Å². The van der Waals surface area contributed by atoms with Gasteiger partial charge in [-0.2, -0.15) is 0 Å². The molecule has 1 unspecified atom stereocenters. The number of carboxylic acids is 1. The van der Waals surface area contributed by atoms with Crippen LogP contribution in [0, 0.1) is 5.92 Å². The van der Waals surface area contributed by atoms with Crippen molar-refractivity contribution >= 4 is 35.3 Å². The molecule has 0 spiro atoms. The maximum Gasteiger partial charge on any atom is 0.352 e. The maximum atomic E-state index is 12.4. The lowest BCUT2D eigenvalue weighted by atomic mass is 9.94. The zero-order chi connectivity index (χ0) is 19.6. The van der Waals surface area contributed by atoms with Crippen LogP contribution in [-0.4, -0.2) is 69.5 Å². The number of nitrogens with one attached hydrogen (secondary N) is 1. The first-order chi connectivity index (χ1) is 13.0. The van der Waals surface area contributed by atoms with Crippen molar-refractivity contribution in [1.29, 1.82) is 0 Å². The Labute approximate surface area is 159 Å². The van der Waals surface area contributed by atoms with Crippen LogP contribution in [0.15, 0.2) is 40.7 Å².